The van der Waals surface area contributed by atoms with Crippen molar-refractivity contribution in [3.05, 3.63) is 34.9 Å². The molecular formula is C16H23ClN2O2. The maximum atomic E-state index is 12.3. The zero-order chi connectivity index (χ0) is 15.2. The van der Waals surface area contributed by atoms with Crippen LogP contribution in [0, 0.1) is 0 Å². The summed E-state index contributed by atoms with van der Waals surface area (Å²) in [6.07, 6.45) is 2.96. The predicted octanol–water partition coefficient (Wildman–Crippen LogP) is 2.67. The molecule has 1 aromatic rings. The van der Waals surface area contributed by atoms with Crippen LogP contribution in [0.4, 0.5) is 0 Å². The molecule has 1 amide bonds. The Morgan fingerprint density at radius 1 is 1.38 bits per heavy atom. The van der Waals surface area contributed by atoms with Crippen LogP contribution in [0.5, 0.6) is 0 Å². The first-order chi connectivity index (χ1) is 10.1. The molecule has 0 radical (unpaired) electrons. The highest BCUT2D eigenvalue weighted by Crippen LogP contribution is 2.22. The molecule has 1 fully saturated rings. The lowest BCUT2D eigenvalue weighted by molar-refractivity contribution is -0.125. The quantitative estimate of drug-likeness (QED) is 0.879. The number of carbonyl (C=O) groups excluding carboxylic acids is 1. The summed E-state index contributed by atoms with van der Waals surface area (Å²) in [4.78, 5) is 12.3. The lowest BCUT2D eigenvalue weighted by atomic mass is 10.0. The fourth-order valence-corrected chi connectivity index (χ4v) is 2.88. The summed E-state index contributed by atoms with van der Waals surface area (Å²) < 4.78 is 5.55. The van der Waals surface area contributed by atoms with Gasteiger partial charge in [0, 0.05) is 12.1 Å². The van der Waals surface area contributed by atoms with Crippen LogP contribution < -0.4 is 10.6 Å². The second-order valence-corrected chi connectivity index (χ2v) is 5.94. The van der Waals surface area contributed by atoms with Crippen molar-refractivity contribution in [2.45, 2.75) is 44.4 Å². The van der Waals surface area contributed by atoms with Crippen LogP contribution in [0.25, 0.3) is 0 Å². The Labute approximate surface area is 131 Å². The zero-order valence-electron chi connectivity index (χ0n) is 12.6. The average molecular weight is 311 g/mol. The van der Waals surface area contributed by atoms with Gasteiger partial charge in [0.05, 0.1) is 12.1 Å². The minimum atomic E-state index is -0.185. The van der Waals surface area contributed by atoms with E-state index >= 15 is 0 Å². The fourth-order valence-electron chi connectivity index (χ4n) is 2.76. The molecule has 1 aliphatic rings. The van der Waals surface area contributed by atoms with E-state index in [1.54, 1.807) is 7.11 Å². The van der Waals surface area contributed by atoms with E-state index in [-0.39, 0.29) is 24.1 Å². The van der Waals surface area contributed by atoms with Crippen molar-refractivity contribution in [2.24, 2.45) is 0 Å². The molecule has 1 heterocycles. The molecule has 5 heteroatoms. The largest absolute Gasteiger partial charge is 0.375 e. The van der Waals surface area contributed by atoms with Gasteiger partial charge in [0.15, 0.2) is 0 Å². The minimum absolute atomic E-state index is 0.0539. The fraction of sp³-hybridized carbons (Fsp3) is 0.562. The number of rotatable bonds is 5. The van der Waals surface area contributed by atoms with Gasteiger partial charge in [-0.05, 0) is 44.0 Å². The number of piperidine rings is 1. The van der Waals surface area contributed by atoms with Gasteiger partial charge < -0.3 is 15.4 Å². The van der Waals surface area contributed by atoms with Gasteiger partial charge in [-0.1, -0.05) is 30.2 Å². The van der Waals surface area contributed by atoms with Gasteiger partial charge in [0.25, 0.3) is 0 Å². The first kappa shape index (κ1) is 16.3. The molecule has 2 rings (SSSR count). The number of carbonyl (C=O) groups is 1. The number of amides is 1. The van der Waals surface area contributed by atoms with Crippen molar-refractivity contribution >= 4 is 17.5 Å². The van der Waals surface area contributed by atoms with E-state index < -0.39 is 0 Å². The summed E-state index contributed by atoms with van der Waals surface area (Å²) in [6.45, 7) is 2.88. The summed E-state index contributed by atoms with van der Waals surface area (Å²) in [6, 6.07) is 7.34. The Hall–Kier alpha value is -1.10. The van der Waals surface area contributed by atoms with Crippen LogP contribution >= 0.6 is 11.6 Å². The molecule has 0 bridgehead atoms. The minimum Gasteiger partial charge on any atom is -0.375 e. The molecule has 0 spiro atoms. The highest BCUT2D eigenvalue weighted by atomic mass is 35.5. The molecule has 4 nitrogen and oxygen atoms in total. The number of methoxy groups -OCH3 is 1. The summed E-state index contributed by atoms with van der Waals surface area (Å²) >= 11 is 5.91. The number of nitrogens with one attached hydrogen (secondary N) is 2. The SMILES string of the molecule is COC(c1ccc(Cl)cc1)C(C)NC(=O)C1CCCCN1. The van der Waals surface area contributed by atoms with E-state index in [1.165, 1.54) is 0 Å². The number of halogens is 1. The van der Waals surface area contributed by atoms with Crippen molar-refractivity contribution < 1.29 is 9.53 Å². The number of hydrogen-bond donors (Lipinski definition) is 2. The first-order valence-electron chi connectivity index (χ1n) is 7.44. The molecule has 116 valence electrons. The predicted molar refractivity (Wildman–Crippen MR) is 84.4 cm³/mol. The summed E-state index contributed by atoms with van der Waals surface area (Å²) in [5.74, 6) is 0.0539. The average Bonchev–Trinajstić information content (AvgIpc) is 2.50. The van der Waals surface area contributed by atoms with E-state index in [4.69, 9.17) is 16.3 Å². The van der Waals surface area contributed by atoms with Gasteiger partial charge in [-0.15, -0.1) is 0 Å². The lowest BCUT2D eigenvalue weighted by Gasteiger charge is -2.28. The lowest BCUT2D eigenvalue weighted by Crippen LogP contribution is -2.50. The van der Waals surface area contributed by atoms with Crippen LogP contribution in [-0.2, 0) is 9.53 Å². The van der Waals surface area contributed by atoms with E-state index in [1.807, 2.05) is 31.2 Å². The molecule has 1 aliphatic heterocycles. The molecule has 0 saturated carbocycles. The standard InChI is InChI=1S/C16H23ClN2O2/c1-11(19-16(20)14-5-3-4-10-18-14)15(21-2)12-6-8-13(17)9-7-12/h6-9,11,14-15,18H,3-5,10H2,1-2H3,(H,19,20). The summed E-state index contributed by atoms with van der Waals surface area (Å²) in [5.41, 5.74) is 1.01. The van der Waals surface area contributed by atoms with Gasteiger partial charge in [0.2, 0.25) is 5.91 Å². The second-order valence-electron chi connectivity index (χ2n) is 5.51. The highest BCUT2D eigenvalue weighted by Gasteiger charge is 2.25. The second kappa shape index (κ2) is 7.78. The molecule has 0 aliphatic carbocycles. The molecule has 2 N–H and O–H groups in total. The molecule has 1 aromatic carbocycles. The van der Waals surface area contributed by atoms with Crippen molar-refractivity contribution in [1.29, 1.82) is 0 Å². The number of hydrogen-bond acceptors (Lipinski definition) is 3. The van der Waals surface area contributed by atoms with E-state index in [2.05, 4.69) is 10.6 Å². The van der Waals surface area contributed by atoms with E-state index in [0.717, 1.165) is 31.4 Å². The van der Waals surface area contributed by atoms with Crippen LogP contribution in [-0.4, -0.2) is 31.6 Å². The molecule has 3 unspecified atom stereocenters. The monoisotopic (exact) mass is 310 g/mol. The number of benzene rings is 1. The normalized spacial score (nSPS) is 21.6. The summed E-state index contributed by atoms with van der Waals surface area (Å²) in [5, 5.41) is 7.00. The van der Waals surface area contributed by atoms with Crippen molar-refractivity contribution in [1.82, 2.24) is 10.6 Å². The third-order valence-electron chi connectivity index (χ3n) is 3.90. The van der Waals surface area contributed by atoms with Crippen molar-refractivity contribution in [3.8, 4) is 0 Å². The maximum absolute atomic E-state index is 12.3. The van der Waals surface area contributed by atoms with Crippen LogP contribution in [0.1, 0.15) is 37.9 Å². The zero-order valence-corrected chi connectivity index (χ0v) is 13.3. The smallest absolute Gasteiger partial charge is 0.237 e. The Bertz CT molecular complexity index is 458. The Morgan fingerprint density at radius 3 is 2.67 bits per heavy atom. The third kappa shape index (κ3) is 4.43. The maximum Gasteiger partial charge on any atom is 0.237 e. The first-order valence-corrected chi connectivity index (χ1v) is 7.81. The Kier molecular flexibility index (Phi) is 6.03. The molecule has 0 aromatic heterocycles. The topological polar surface area (TPSA) is 50.4 Å². The van der Waals surface area contributed by atoms with Crippen LogP contribution in [0.2, 0.25) is 5.02 Å². The Balaban J connectivity index is 1.97. The molecule has 1 saturated heterocycles. The van der Waals surface area contributed by atoms with Crippen molar-refractivity contribution in [3.63, 3.8) is 0 Å². The van der Waals surface area contributed by atoms with Gasteiger partial charge in [0.1, 0.15) is 6.10 Å². The molecule has 3 atom stereocenters. The van der Waals surface area contributed by atoms with Gasteiger partial charge in [-0.3, -0.25) is 4.79 Å². The van der Waals surface area contributed by atoms with Gasteiger partial charge in [-0.25, -0.2) is 0 Å². The van der Waals surface area contributed by atoms with Crippen LogP contribution in [0.3, 0.4) is 0 Å². The van der Waals surface area contributed by atoms with Gasteiger partial charge in [-0.2, -0.15) is 0 Å². The van der Waals surface area contributed by atoms with Crippen LogP contribution in [0.15, 0.2) is 24.3 Å². The van der Waals surface area contributed by atoms with Crippen molar-refractivity contribution in [2.75, 3.05) is 13.7 Å². The number of ether oxygens (including phenoxy) is 1. The highest BCUT2D eigenvalue weighted by molar-refractivity contribution is 6.30. The molecule has 21 heavy (non-hydrogen) atoms. The molecular weight excluding hydrogens is 288 g/mol. The Morgan fingerprint density at radius 2 is 2.10 bits per heavy atom. The van der Waals surface area contributed by atoms with Gasteiger partial charge >= 0.3 is 0 Å². The van der Waals surface area contributed by atoms with E-state index in [9.17, 15) is 4.79 Å². The summed E-state index contributed by atoms with van der Waals surface area (Å²) in [7, 11) is 1.65. The third-order valence-corrected chi connectivity index (χ3v) is 4.16. The van der Waals surface area contributed by atoms with E-state index in [0.29, 0.717) is 5.02 Å².